The van der Waals surface area contributed by atoms with E-state index < -0.39 is 0 Å². The summed E-state index contributed by atoms with van der Waals surface area (Å²) >= 11 is 0. The summed E-state index contributed by atoms with van der Waals surface area (Å²) in [5.41, 5.74) is 0.666. The highest BCUT2D eigenvalue weighted by Crippen LogP contribution is 2.43. The molecule has 0 atom stereocenters. The molecule has 0 saturated heterocycles. The molecule has 0 nitrogen and oxygen atoms in total. The Balaban J connectivity index is 2.42. The summed E-state index contributed by atoms with van der Waals surface area (Å²) in [5, 5.41) is 0. The maximum absolute atomic E-state index is 4.04. The standard InChI is InChI=1S/C14H25/c1-3-5-7-11-14(10-4-2)12-8-6-9-13-14/h3,5H,2,4,6-13H2,1H3. The smallest absolute Gasteiger partial charge is 0.0295 e. The monoisotopic (exact) mass is 193 g/mol. The maximum Gasteiger partial charge on any atom is -0.0295 e. The summed E-state index contributed by atoms with van der Waals surface area (Å²) in [4.78, 5) is 0. The first kappa shape index (κ1) is 11.8. The van der Waals surface area contributed by atoms with Crippen LogP contribution in [0.5, 0.6) is 0 Å². The van der Waals surface area contributed by atoms with E-state index in [-0.39, 0.29) is 0 Å². The minimum absolute atomic E-state index is 0.666. The van der Waals surface area contributed by atoms with Crippen LogP contribution in [0.1, 0.15) is 64.7 Å². The van der Waals surface area contributed by atoms with Crippen LogP contribution in [-0.2, 0) is 0 Å². The lowest BCUT2D eigenvalue weighted by atomic mass is 9.68. The van der Waals surface area contributed by atoms with Crippen molar-refractivity contribution in [3.8, 4) is 0 Å². The molecule has 1 rings (SSSR count). The summed E-state index contributed by atoms with van der Waals surface area (Å²) < 4.78 is 0. The van der Waals surface area contributed by atoms with Gasteiger partial charge in [0.2, 0.25) is 0 Å². The molecule has 1 aliphatic carbocycles. The van der Waals surface area contributed by atoms with Crippen LogP contribution in [-0.4, -0.2) is 0 Å². The zero-order valence-electron chi connectivity index (χ0n) is 9.73. The first-order valence-corrected chi connectivity index (χ1v) is 6.23. The lowest BCUT2D eigenvalue weighted by Crippen LogP contribution is -2.23. The molecule has 0 N–H and O–H groups in total. The molecule has 81 valence electrons. The fraction of sp³-hybridized carbons (Fsp3) is 0.786. The van der Waals surface area contributed by atoms with Gasteiger partial charge in [0.05, 0.1) is 0 Å². The van der Waals surface area contributed by atoms with E-state index in [1.807, 2.05) is 0 Å². The molecule has 0 heterocycles. The minimum atomic E-state index is 0.666. The van der Waals surface area contributed by atoms with Crippen LogP contribution in [0.4, 0.5) is 0 Å². The lowest BCUT2D eigenvalue weighted by molar-refractivity contribution is 0.160. The average molecular weight is 193 g/mol. The van der Waals surface area contributed by atoms with Crippen molar-refractivity contribution >= 4 is 0 Å². The van der Waals surface area contributed by atoms with Crippen molar-refractivity contribution in [1.29, 1.82) is 0 Å². The second kappa shape index (κ2) is 6.27. The number of rotatable bonds is 5. The molecule has 1 radical (unpaired) electrons. The molecule has 0 spiro atoms. The molecule has 0 bridgehead atoms. The third-order valence-electron chi connectivity index (χ3n) is 3.70. The van der Waals surface area contributed by atoms with Gasteiger partial charge < -0.3 is 0 Å². The van der Waals surface area contributed by atoms with E-state index in [2.05, 4.69) is 26.0 Å². The predicted octanol–water partition coefficient (Wildman–Crippen LogP) is 4.91. The number of allylic oxidation sites excluding steroid dienone is 2. The molecule has 1 aliphatic rings. The topological polar surface area (TPSA) is 0 Å². The minimum Gasteiger partial charge on any atom is -0.0917 e. The van der Waals surface area contributed by atoms with Crippen LogP contribution in [0, 0.1) is 12.3 Å². The third kappa shape index (κ3) is 3.48. The Hall–Kier alpha value is -0.260. The summed E-state index contributed by atoms with van der Waals surface area (Å²) in [7, 11) is 0. The maximum atomic E-state index is 4.04. The van der Waals surface area contributed by atoms with E-state index in [1.165, 1.54) is 51.4 Å². The van der Waals surface area contributed by atoms with Gasteiger partial charge >= 0.3 is 0 Å². The summed E-state index contributed by atoms with van der Waals surface area (Å²) in [6.07, 6.45) is 16.9. The van der Waals surface area contributed by atoms with Gasteiger partial charge in [-0.3, -0.25) is 0 Å². The van der Waals surface area contributed by atoms with Crippen molar-refractivity contribution < 1.29 is 0 Å². The van der Waals surface area contributed by atoms with Crippen molar-refractivity contribution in [1.82, 2.24) is 0 Å². The fourth-order valence-electron chi connectivity index (χ4n) is 2.86. The summed E-state index contributed by atoms with van der Waals surface area (Å²) in [5.74, 6) is 0. The largest absolute Gasteiger partial charge is 0.0917 e. The first-order chi connectivity index (χ1) is 6.83. The molecule has 1 saturated carbocycles. The summed E-state index contributed by atoms with van der Waals surface area (Å²) in [6, 6.07) is 0. The summed E-state index contributed by atoms with van der Waals surface area (Å²) in [6.45, 7) is 6.15. The Labute approximate surface area is 89.8 Å². The van der Waals surface area contributed by atoms with Gasteiger partial charge in [-0.25, -0.2) is 0 Å². The van der Waals surface area contributed by atoms with Crippen LogP contribution in [0.15, 0.2) is 12.2 Å². The van der Waals surface area contributed by atoms with Crippen molar-refractivity contribution in [2.45, 2.75) is 64.7 Å². The van der Waals surface area contributed by atoms with Crippen molar-refractivity contribution in [2.24, 2.45) is 5.41 Å². The second-order valence-corrected chi connectivity index (χ2v) is 4.77. The van der Waals surface area contributed by atoms with Crippen molar-refractivity contribution in [2.75, 3.05) is 0 Å². The van der Waals surface area contributed by atoms with Crippen LogP contribution in [0.25, 0.3) is 0 Å². The van der Waals surface area contributed by atoms with Gasteiger partial charge in [-0.1, -0.05) is 44.8 Å². The van der Waals surface area contributed by atoms with E-state index in [0.29, 0.717) is 5.41 Å². The molecule has 0 aromatic heterocycles. The van der Waals surface area contributed by atoms with E-state index in [9.17, 15) is 0 Å². The molecule has 1 fully saturated rings. The Morgan fingerprint density at radius 1 is 1.14 bits per heavy atom. The molecule has 0 aromatic rings. The Bertz CT molecular complexity index is 155. The lowest BCUT2D eigenvalue weighted by Gasteiger charge is -2.37. The average Bonchev–Trinajstić information content (AvgIpc) is 2.20. The molecule has 0 aliphatic heterocycles. The highest BCUT2D eigenvalue weighted by molar-refractivity contribution is 4.87. The third-order valence-corrected chi connectivity index (χ3v) is 3.70. The van der Waals surface area contributed by atoms with E-state index in [1.54, 1.807) is 0 Å². The van der Waals surface area contributed by atoms with Crippen LogP contribution in [0.3, 0.4) is 0 Å². The quantitative estimate of drug-likeness (QED) is 0.544. The molecule has 0 heteroatoms. The highest BCUT2D eigenvalue weighted by Gasteiger charge is 2.29. The highest BCUT2D eigenvalue weighted by atomic mass is 14.3. The molecule has 14 heavy (non-hydrogen) atoms. The van der Waals surface area contributed by atoms with Crippen LogP contribution >= 0.6 is 0 Å². The van der Waals surface area contributed by atoms with E-state index in [0.717, 1.165) is 6.42 Å². The Morgan fingerprint density at radius 2 is 1.86 bits per heavy atom. The Kier molecular flexibility index (Phi) is 5.29. The first-order valence-electron chi connectivity index (χ1n) is 6.23. The van der Waals surface area contributed by atoms with Crippen molar-refractivity contribution in [3.63, 3.8) is 0 Å². The number of hydrogen-bond donors (Lipinski definition) is 0. The molecule has 0 amide bonds. The van der Waals surface area contributed by atoms with Gasteiger partial charge in [0.25, 0.3) is 0 Å². The molecule has 0 unspecified atom stereocenters. The van der Waals surface area contributed by atoms with Gasteiger partial charge in [0.15, 0.2) is 0 Å². The molecular weight excluding hydrogens is 168 g/mol. The molecular formula is C14H25. The fourth-order valence-corrected chi connectivity index (χ4v) is 2.86. The SMILES string of the molecule is [CH2]CCC1(CCC=CC)CCCCC1. The number of hydrogen-bond acceptors (Lipinski definition) is 0. The van der Waals surface area contributed by atoms with Crippen LogP contribution in [0.2, 0.25) is 0 Å². The van der Waals surface area contributed by atoms with E-state index >= 15 is 0 Å². The zero-order chi connectivity index (χ0) is 10.3. The second-order valence-electron chi connectivity index (χ2n) is 4.77. The van der Waals surface area contributed by atoms with E-state index in [4.69, 9.17) is 0 Å². The van der Waals surface area contributed by atoms with Gasteiger partial charge in [0, 0.05) is 0 Å². The Morgan fingerprint density at radius 3 is 2.43 bits per heavy atom. The normalized spacial score (nSPS) is 21.6. The van der Waals surface area contributed by atoms with Gasteiger partial charge in [-0.2, -0.15) is 0 Å². The molecule has 0 aromatic carbocycles. The van der Waals surface area contributed by atoms with Crippen LogP contribution < -0.4 is 0 Å². The van der Waals surface area contributed by atoms with Crippen molar-refractivity contribution in [3.05, 3.63) is 19.1 Å². The van der Waals surface area contributed by atoms with Gasteiger partial charge in [-0.05, 0) is 44.4 Å². The van der Waals surface area contributed by atoms with Gasteiger partial charge in [-0.15, -0.1) is 0 Å². The zero-order valence-corrected chi connectivity index (χ0v) is 9.73. The predicted molar refractivity (Wildman–Crippen MR) is 64.2 cm³/mol. The van der Waals surface area contributed by atoms with Gasteiger partial charge in [0.1, 0.15) is 0 Å².